The molecular weight excluding hydrogens is 340 g/mol. The molecule has 1 heterocycles. The van der Waals surface area contributed by atoms with Crippen molar-refractivity contribution in [2.24, 2.45) is 0 Å². The van der Waals surface area contributed by atoms with Crippen molar-refractivity contribution < 1.29 is 29.3 Å². The number of amides is 2. The molecule has 0 saturated heterocycles. The summed E-state index contributed by atoms with van der Waals surface area (Å²) in [5.74, 6) is -1.80. The Kier molecular flexibility index (Phi) is 5.86. The summed E-state index contributed by atoms with van der Waals surface area (Å²) in [5, 5.41) is 21.3. The van der Waals surface area contributed by atoms with Gasteiger partial charge in [0.15, 0.2) is 0 Å². The molecule has 1 unspecified atom stereocenters. The summed E-state index contributed by atoms with van der Waals surface area (Å²) in [6.45, 7) is 4.44. The number of fused-ring (bicyclic) bond motifs is 1. The van der Waals surface area contributed by atoms with Crippen molar-refractivity contribution in [2.45, 2.75) is 51.4 Å². The molecule has 1 aliphatic heterocycles. The molecule has 0 aliphatic carbocycles. The highest BCUT2D eigenvalue weighted by molar-refractivity contribution is 5.90. The number of aliphatic hydroxyl groups is 1. The van der Waals surface area contributed by atoms with Crippen molar-refractivity contribution in [3.05, 3.63) is 35.4 Å². The van der Waals surface area contributed by atoms with Crippen LogP contribution >= 0.6 is 0 Å². The summed E-state index contributed by atoms with van der Waals surface area (Å²) in [7, 11) is 0. The van der Waals surface area contributed by atoms with Gasteiger partial charge in [0.1, 0.15) is 17.7 Å². The Morgan fingerprint density at radius 3 is 2.42 bits per heavy atom. The number of nitrogens with zero attached hydrogens (tertiary/aromatic N) is 1. The molecule has 0 aromatic heterocycles. The van der Waals surface area contributed by atoms with Crippen LogP contribution in [0.3, 0.4) is 0 Å². The third kappa shape index (κ3) is 4.72. The first-order valence-electron chi connectivity index (χ1n) is 8.33. The predicted molar refractivity (Wildman–Crippen MR) is 92.4 cm³/mol. The van der Waals surface area contributed by atoms with E-state index < -0.39 is 42.3 Å². The maximum Gasteiger partial charge on any atom is 0.408 e. The van der Waals surface area contributed by atoms with Crippen molar-refractivity contribution in [3.63, 3.8) is 0 Å². The molecule has 3 N–H and O–H groups in total. The molecule has 0 bridgehead atoms. The lowest BCUT2D eigenvalue weighted by atomic mass is 9.93. The molecule has 0 radical (unpaired) electrons. The second-order valence-corrected chi connectivity index (χ2v) is 7.17. The van der Waals surface area contributed by atoms with Gasteiger partial charge in [-0.1, -0.05) is 24.3 Å². The molecule has 1 aliphatic rings. The first kappa shape index (κ1) is 19.7. The van der Waals surface area contributed by atoms with Gasteiger partial charge in [0.25, 0.3) is 0 Å². The average Bonchev–Trinajstić information content (AvgIpc) is 2.56. The fourth-order valence-corrected chi connectivity index (χ4v) is 2.81. The standard InChI is InChI=1S/C18H24N2O6/c1-18(2,3)26-17(25)19-13(10-21)15(22)20-9-12-7-5-4-6-11(12)8-14(20)16(23)24/h4-7,13-14,21H,8-10H2,1-3H3,(H,19,25)(H,23,24)/t13?,14-/m0/s1. The Balaban J connectivity index is 2.19. The number of rotatable bonds is 4. The van der Waals surface area contributed by atoms with Gasteiger partial charge in [0, 0.05) is 13.0 Å². The van der Waals surface area contributed by atoms with Crippen LogP contribution in [0.1, 0.15) is 31.9 Å². The van der Waals surface area contributed by atoms with Gasteiger partial charge >= 0.3 is 12.1 Å². The van der Waals surface area contributed by atoms with Crippen molar-refractivity contribution in [2.75, 3.05) is 6.61 Å². The number of hydrogen-bond acceptors (Lipinski definition) is 5. The number of benzene rings is 1. The first-order valence-corrected chi connectivity index (χ1v) is 8.33. The van der Waals surface area contributed by atoms with Crippen LogP contribution in [0.4, 0.5) is 4.79 Å². The Hall–Kier alpha value is -2.61. The number of nitrogens with one attached hydrogen (secondary N) is 1. The van der Waals surface area contributed by atoms with Gasteiger partial charge in [-0.15, -0.1) is 0 Å². The van der Waals surface area contributed by atoms with E-state index in [0.29, 0.717) is 0 Å². The van der Waals surface area contributed by atoms with E-state index >= 15 is 0 Å². The monoisotopic (exact) mass is 364 g/mol. The molecular formula is C18H24N2O6. The summed E-state index contributed by atoms with van der Waals surface area (Å²) < 4.78 is 5.09. The smallest absolute Gasteiger partial charge is 0.408 e. The average molecular weight is 364 g/mol. The lowest BCUT2D eigenvalue weighted by Gasteiger charge is -2.36. The minimum Gasteiger partial charge on any atom is -0.480 e. The lowest BCUT2D eigenvalue weighted by molar-refractivity contribution is -0.152. The number of hydrogen-bond donors (Lipinski definition) is 3. The third-order valence-corrected chi connectivity index (χ3v) is 3.99. The summed E-state index contributed by atoms with van der Waals surface area (Å²) >= 11 is 0. The Morgan fingerprint density at radius 1 is 1.27 bits per heavy atom. The number of alkyl carbamates (subject to hydrolysis) is 1. The number of aliphatic carboxylic acids is 1. The molecule has 0 saturated carbocycles. The van der Waals surface area contributed by atoms with Crippen LogP contribution in [0.5, 0.6) is 0 Å². The van der Waals surface area contributed by atoms with E-state index in [1.807, 2.05) is 24.3 Å². The Labute approximate surface area is 151 Å². The highest BCUT2D eigenvalue weighted by Crippen LogP contribution is 2.24. The highest BCUT2D eigenvalue weighted by Gasteiger charge is 2.38. The summed E-state index contributed by atoms with van der Waals surface area (Å²) in [6.07, 6.45) is -0.684. The van der Waals surface area contributed by atoms with E-state index in [9.17, 15) is 24.6 Å². The summed E-state index contributed by atoms with van der Waals surface area (Å²) in [4.78, 5) is 37.5. The number of carboxylic acids is 1. The lowest BCUT2D eigenvalue weighted by Crippen LogP contribution is -2.57. The SMILES string of the molecule is CC(C)(C)OC(=O)NC(CO)C(=O)N1Cc2ccccc2C[C@H]1C(=O)O. The van der Waals surface area contributed by atoms with Gasteiger partial charge < -0.3 is 25.2 Å². The van der Waals surface area contributed by atoms with E-state index in [-0.39, 0.29) is 13.0 Å². The van der Waals surface area contributed by atoms with Gasteiger partial charge in [-0.3, -0.25) is 4.79 Å². The van der Waals surface area contributed by atoms with E-state index in [1.165, 1.54) is 4.90 Å². The van der Waals surface area contributed by atoms with Gasteiger partial charge in [-0.2, -0.15) is 0 Å². The maximum absolute atomic E-state index is 12.8. The third-order valence-electron chi connectivity index (χ3n) is 3.99. The van der Waals surface area contributed by atoms with E-state index in [1.54, 1.807) is 20.8 Å². The molecule has 2 amide bonds. The zero-order valence-corrected chi connectivity index (χ0v) is 15.1. The second kappa shape index (κ2) is 7.74. The van der Waals surface area contributed by atoms with Crippen LogP contribution in [0.25, 0.3) is 0 Å². The molecule has 0 spiro atoms. The van der Waals surface area contributed by atoms with Crippen molar-refractivity contribution in [1.82, 2.24) is 10.2 Å². The normalized spacial score (nSPS) is 17.8. The van der Waals surface area contributed by atoms with Gasteiger partial charge in [-0.25, -0.2) is 9.59 Å². The fraction of sp³-hybridized carbons (Fsp3) is 0.500. The molecule has 8 nitrogen and oxygen atoms in total. The van der Waals surface area contributed by atoms with Gasteiger partial charge in [-0.05, 0) is 31.9 Å². The number of carboxylic acid groups (broad SMARTS) is 1. The van der Waals surface area contributed by atoms with Crippen LogP contribution in [-0.2, 0) is 27.3 Å². The van der Waals surface area contributed by atoms with Crippen LogP contribution in [0.15, 0.2) is 24.3 Å². The molecule has 1 aromatic carbocycles. The van der Waals surface area contributed by atoms with E-state index in [2.05, 4.69) is 5.32 Å². The fourth-order valence-electron chi connectivity index (χ4n) is 2.81. The molecule has 2 rings (SSSR count). The molecule has 142 valence electrons. The zero-order chi connectivity index (χ0) is 19.5. The first-order chi connectivity index (χ1) is 12.1. The van der Waals surface area contributed by atoms with Crippen molar-refractivity contribution in [1.29, 1.82) is 0 Å². The maximum atomic E-state index is 12.8. The quantitative estimate of drug-likeness (QED) is 0.731. The number of aliphatic hydroxyl groups excluding tert-OH is 1. The van der Waals surface area contributed by atoms with E-state index in [0.717, 1.165) is 11.1 Å². The van der Waals surface area contributed by atoms with Gasteiger partial charge in [0.2, 0.25) is 5.91 Å². The van der Waals surface area contributed by atoms with Crippen molar-refractivity contribution in [3.8, 4) is 0 Å². The number of carbonyl (C=O) groups excluding carboxylic acids is 2. The minimum atomic E-state index is -1.28. The molecule has 8 heteroatoms. The largest absolute Gasteiger partial charge is 0.480 e. The summed E-state index contributed by atoms with van der Waals surface area (Å²) in [5.41, 5.74) is 0.942. The topological polar surface area (TPSA) is 116 Å². The molecule has 0 fully saturated rings. The molecule has 2 atom stereocenters. The van der Waals surface area contributed by atoms with Crippen LogP contribution in [0, 0.1) is 0 Å². The highest BCUT2D eigenvalue weighted by atomic mass is 16.6. The van der Waals surface area contributed by atoms with Crippen LogP contribution in [0.2, 0.25) is 0 Å². The second-order valence-electron chi connectivity index (χ2n) is 7.17. The minimum absolute atomic E-state index is 0.0957. The zero-order valence-electron chi connectivity index (χ0n) is 15.1. The predicted octanol–water partition coefficient (Wildman–Crippen LogP) is 0.910. The van der Waals surface area contributed by atoms with Gasteiger partial charge in [0.05, 0.1) is 6.61 Å². The number of carbonyl (C=O) groups is 3. The summed E-state index contributed by atoms with van der Waals surface area (Å²) in [6, 6.07) is 4.93. The van der Waals surface area contributed by atoms with Crippen molar-refractivity contribution >= 4 is 18.0 Å². The number of ether oxygens (including phenoxy) is 1. The molecule has 26 heavy (non-hydrogen) atoms. The molecule has 1 aromatic rings. The Bertz CT molecular complexity index is 697. The Morgan fingerprint density at radius 2 is 1.88 bits per heavy atom. The van der Waals surface area contributed by atoms with Crippen LogP contribution in [-0.4, -0.2) is 57.4 Å². The van der Waals surface area contributed by atoms with Crippen LogP contribution < -0.4 is 5.32 Å². The van der Waals surface area contributed by atoms with E-state index in [4.69, 9.17) is 4.74 Å².